The Hall–Kier alpha value is -3.03. The molecule has 0 spiro atoms. The molecular formula is C21H17N3O2S2. The van der Waals surface area contributed by atoms with E-state index in [0.717, 1.165) is 21.1 Å². The number of hydrogen-bond acceptors (Lipinski definition) is 6. The maximum absolute atomic E-state index is 12.5. The van der Waals surface area contributed by atoms with Gasteiger partial charge in [-0.1, -0.05) is 30.3 Å². The van der Waals surface area contributed by atoms with Crippen LogP contribution >= 0.6 is 22.7 Å². The van der Waals surface area contributed by atoms with Crippen LogP contribution in [0.25, 0.3) is 21.3 Å². The lowest BCUT2D eigenvalue weighted by molar-refractivity contribution is -0.120. The summed E-state index contributed by atoms with van der Waals surface area (Å²) in [5, 5.41) is 3.98. The normalized spacial score (nSPS) is 10.6. The van der Waals surface area contributed by atoms with Gasteiger partial charge in [-0.05, 0) is 35.0 Å². The molecule has 28 heavy (non-hydrogen) atoms. The number of nitrogens with zero attached hydrogens (tertiary/aromatic N) is 3. The molecule has 0 atom stereocenters. The van der Waals surface area contributed by atoms with Gasteiger partial charge < -0.3 is 9.64 Å². The van der Waals surface area contributed by atoms with Crippen molar-refractivity contribution in [1.29, 1.82) is 0 Å². The smallest absolute Gasteiger partial charge is 0.264 e. The molecule has 4 aromatic rings. The maximum atomic E-state index is 12.5. The zero-order valence-electron chi connectivity index (χ0n) is 15.1. The van der Waals surface area contributed by atoms with Gasteiger partial charge in [-0.3, -0.25) is 4.79 Å². The van der Waals surface area contributed by atoms with Crippen molar-refractivity contribution >= 4 is 34.3 Å². The number of thiophene rings is 2. The molecule has 0 saturated heterocycles. The molecule has 0 aliphatic carbocycles. The first-order valence-corrected chi connectivity index (χ1v) is 10.4. The van der Waals surface area contributed by atoms with Gasteiger partial charge in [0.1, 0.15) is 0 Å². The predicted molar refractivity (Wildman–Crippen MR) is 114 cm³/mol. The van der Waals surface area contributed by atoms with Gasteiger partial charge in [0.15, 0.2) is 12.4 Å². The summed E-state index contributed by atoms with van der Waals surface area (Å²) in [5.74, 6) is 0.830. The second-order valence-corrected chi connectivity index (χ2v) is 7.84. The molecule has 140 valence electrons. The highest BCUT2D eigenvalue weighted by Crippen LogP contribution is 2.30. The zero-order chi connectivity index (χ0) is 19.3. The lowest BCUT2D eigenvalue weighted by Crippen LogP contribution is -2.31. The first-order valence-electron chi connectivity index (χ1n) is 8.62. The number of carbonyl (C=O) groups excluding carboxylic acids is 1. The van der Waals surface area contributed by atoms with Crippen LogP contribution in [0.3, 0.4) is 0 Å². The Bertz CT molecular complexity index is 996. The fourth-order valence-corrected chi connectivity index (χ4v) is 3.94. The van der Waals surface area contributed by atoms with E-state index in [-0.39, 0.29) is 12.5 Å². The summed E-state index contributed by atoms with van der Waals surface area (Å²) in [4.78, 5) is 25.2. The molecule has 0 radical (unpaired) electrons. The van der Waals surface area contributed by atoms with E-state index in [2.05, 4.69) is 9.97 Å². The number of carbonyl (C=O) groups is 1. The van der Waals surface area contributed by atoms with Crippen LogP contribution in [0, 0.1) is 0 Å². The summed E-state index contributed by atoms with van der Waals surface area (Å²) < 4.78 is 5.75. The van der Waals surface area contributed by atoms with E-state index < -0.39 is 0 Å². The minimum Gasteiger partial charge on any atom is -0.467 e. The van der Waals surface area contributed by atoms with E-state index in [0.29, 0.717) is 11.7 Å². The molecule has 0 aliphatic rings. The molecule has 1 aromatic carbocycles. The van der Waals surface area contributed by atoms with Gasteiger partial charge in [-0.2, -0.15) is 4.98 Å². The number of amides is 1. The number of para-hydroxylation sites is 1. The second-order valence-electron chi connectivity index (χ2n) is 5.95. The van der Waals surface area contributed by atoms with Crippen LogP contribution in [0.5, 0.6) is 5.88 Å². The lowest BCUT2D eigenvalue weighted by Gasteiger charge is -2.17. The van der Waals surface area contributed by atoms with Crippen LogP contribution in [-0.2, 0) is 4.79 Å². The monoisotopic (exact) mass is 407 g/mol. The first kappa shape index (κ1) is 18.3. The lowest BCUT2D eigenvalue weighted by atomic mass is 10.3. The Balaban J connectivity index is 1.56. The molecule has 0 bridgehead atoms. The van der Waals surface area contributed by atoms with Gasteiger partial charge in [-0.15, -0.1) is 22.7 Å². The van der Waals surface area contributed by atoms with Crippen molar-refractivity contribution in [3.63, 3.8) is 0 Å². The van der Waals surface area contributed by atoms with E-state index >= 15 is 0 Å². The number of rotatable bonds is 6. The molecule has 3 aromatic heterocycles. The van der Waals surface area contributed by atoms with E-state index in [1.807, 2.05) is 65.4 Å². The molecule has 4 rings (SSSR count). The van der Waals surface area contributed by atoms with E-state index in [4.69, 9.17) is 4.74 Å². The van der Waals surface area contributed by atoms with Crippen molar-refractivity contribution in [2.45, 2.75) is 0 Å². The van der Waals surface area contributed by atoms with Crippen molar-refractivity contribution in [3.05, 3.63) is 71.4 Å². The highest BCUT2D eigenvalue weighted by atomic mass is 32.1. The Labute approximate surface area is 170 Å². The standard InChI is InChI=1S/C21H17N3O2S2/c1-24(15-7-3-2-4-8-15)20(25)14-26-19-13-16(17-9-5-11-27-17)22-21(23-19)18-10-6-12-28-18/h2-13H,14H2,1H3. The van der Waals surface area contributed by atoms with E-state index in [1.54, 1.807) is 40.7 Å². The molecular weight excluding hydrogens is 390 g/mol. The molecule has 0 saturated carbocycles. The van der Waals surface area contributed by atoms with Crippen molar-refractivity contribution < 1.29 is 9.53 Å². The molecule has 1 amide bonds. The number of benzene rings is 1. The number of ether oxygens (including phenoxy) is 1. The molecule has 5 nitrogen and oxygen atoms in total. The molecule has 3 heterocycles. The summed E-state index contributed by atoms with van der Waals surface area (Å²) in [5.41, 5.74) is 1.60. The third kappa shape index (κ3) is 4.11. The van der Waals surface area contributed by atoms with Gasteiger partial charge in [0.05, 0.1) is 15.4 Å². The Morgan fingerprint density at radius 2 is 1.68 bits per heavy atom. The summed E-state index contributed by atoms with van der Waals surface area (Å²) >= 11 is 3.16. The summed E-state index contributed by atoms with van der Waals surface area (Å²) in [6, 6.07) is 19.1. The van der Waals surface area contributed by atoms with Crippen LogP contribution in [0.1, 0.15) is 0 Å². The molecule has 0 unspecified atom stereocenters. The number of anilines is 1. The largest absolute Gasteiger partial charge is 0.467 e. The van der Waals surface area contributed by atoms with Crippen molar-refractivity contribution in [2.75, 3.05) is 18.6 Å². The summed E-state index contributed by atoms with van der Waals surface area (Å²) in [7, 11) is 1.73. The van der Waals surface area contributed by atoms with Crippen LogP contribution in [-0.4, -0.2) is 29.5 Å². The maximum Gasteiger partial charge on any atom is 0.264 e. The van der Waals surface area contributed by atoms with Gasteiger partial charge >= 0.3 is 0 Å². The third-order valence-corrected chi connectivity index (χ3v) is 5.84. The predicted octanol–water partition coefficient (Wildman–Crippen LogP) is 4.98. The number of likely N-dealkylation sites (N-methyl/N-ethyl adjacent to an activating group) is 1. The highest BCUT2D eigenvalue weighted by molar-refractivity contribution is 7.13. The van der Waals surface area contributed by atoms with Crippen molar-refractivity contribution in [2.24, 2.45) is 0 Å². The fourth-order valence-electron chi connectivity index (χ4n) is 2.59. The Morgan fingerprint density at radius 3 is 2.36 bits per heavy atom. The number of hydrogen-bond donors (Lipinski definition) is 0. The Kier molecular flexibility index (Phi) is 5.45. The fraction of sp³-hybridized carbons (Fsp3) is 0.0952. The van der Waals surface area contributed by atoms with Crippen molar-refractivity contribution in [1.82, 2.24) is 9.97 Å². The van der Waals surface area contributed by atoms with Gasteiger partial charge in [0, 0.05) is 18.8 Å². The summed E-state index contributed by atoms with van der Waals surface area (Å²) in [6.07, 6.45) is 0. The average Bonchev–Trinajstić information content (AvgIpc) is 3.46. The van der Waals surface area contributed by atoms with Gasteiger partial charge in [-0.25, -0.2) is 4.98 Å². The topological polar surface area (TPSA) is 55.3 Å². The SMILES string of the molecule is CN(C(=O)COc1cc(-c2cccs2)nc(-c2cccs2)n1)c1ccccc1. The molecule has 7 heteroatoms. The van der Waals surface area contributed by atoms with Crippen LogP contribution in [0.2, 0.25) is 0 Å². The highest BCUT2D eigenvalue weighted by Gasteiger charge is 2.15. The zero-order valence-corrected chi connectivity index (χ0v) is 16.7. The van der Waals surface area contributed by atoms with Crippen LogP contribution < -0.4 is 9.64 Å². The van der Waals surface area contributed by atoms with Crippen molar-refractivity contribution in [3.8, 4) is 27.2 Å². The number of aromatic nitrogens is 2. The minimum atomic E-state index is -0.153. The average molecular weight is 408 g/mol. The third-order valence-electron chi connectivity index (χ3n) is 4.08. The summed E-state index contributed by atoms with van der Waals surface area (Å²) in [6.45, 7) is -0.101. The minimum absolute atomic E-state index is 0.101. The quantitative estimate of drug-likeness (QED) is 0.453. The Morgan fingerprint density at radius 1 is 0.964 bits per heavy atom. The van der Waals surface area contributed by atoms with Gasteiger partial charge in [0.25, 0.3) is 5.91 Å². The van der Waals surface area contributed by atoms with E-state index in [1.165, 1.54) is 0 Å². The van der Waals surface area contributed by atoms with E-state index in [9.17, 15) is 4.79 Å². The van der Waals surface area contributed by atoms with Crippen LogP contribution in [0.15, 0.2) is 71.4 Å². The second kappa shape index (κ2) is 8.33. The molecule has 0 fully saturated rings. The first-order chi connectivity index (χ1) is 13.7. The molecule has 0 N–H and O–H groups in total. The van der Waals surface area contributed by atoms with Gasteiger partial charge in [0.2, 0.25) is 5.88 Å². The molecule has 0 aliphatic heterocycles. The van der Waals surface area contributed by atoms with Crippen LogP contribution in [0.4, 0.5) is 5.69 Å².